The smallest absolute Gasteiger partial charge is 0.127 e. The molecule has 0 atom stereocenters. The van der Waals surface area contributed by atoms with Crippen molar-refractivity contribution in [3.05, 3.63) is 48.5 Å². The topological polar surface area (TPSA) is 27.7 Å². The molecule has 0 bridgehead atoms. The van der Waals surface area contributed by atoms with Crippen LogP contribution in [0.1, 0.15) is 27.7 Å². The molecule has 0 saturated heterocycles. The molecule has 0 radical (unpaired) electrons. The second-order valence-corrected chi connectivity index (χ2v) is 11.0. The molecule has 3 aromatic rings. The summed E-state index contributed by atoms with van der Waals surface area (Å²) >= 11 is 0. The van der Waals surface area contributed by atoms with Gasteiger partial charge in [-0.15, -0.1) is 0 Å². The van der Waals surface area contributed by atoms with Crippen molar-refractivity contribution >= 4 is 24.0 Å². The summed E-state index contributed by atoms with van der Waals surface area (Å²) in [6.45, 7) is 9.20. The van der Waals surface area contributed by atoms with Crippen LogP contribution in [-0.2, 0) is 0 Å². The van der Waals surface area contributed by atoms with Gasteiger partial charge in [0.15, 0.2) is 0 Å². The fourth-order valence-electron chi connectivity index (χ4n) is 4.18. The van der Waals surface area contributed by atoms with Crippen LogP contribution >= 0.6 is 7.92 Å². The van der Waals surface area contributed by atoms with Crippen molar-refractivity contribution in [2.45, 2.75) is 39.0 Å². The number of hydrogen-bond acceptors (Lipinski definition) is 3. The molecular formula is C25H31O3P. The molecule has 0 heterocycles. The largest absolute Gasteiger partial charge is 0.496 e. The van der Waals surface area contributed by atoms with Gasteiger partial charge in [-0.3, -0.25) is 0 Å². The van der Waals surface area contributed by atoms with Gasteiger partial charge in [-0.1, -0.05) is 65.9 Å². The third-order valence-electron chi connectivity index (χ3n) is 5.27. The molecule has 29 heavy (non-hydrogen) atoms. The van der Waals surface area contributed by atoms with Gasteiger partial charge in [0.2, 0.25) is 0 Å². The minimum atomic E-state index is -0.500. The van der Waals surface area contributed by atoms with Gasteiger partial charge in [0.25, 0.3) is 0 Å². The van der Waals surface area contributed by atoms with E-state index in [-0.39, 0.29) is 0 Å². The van der Waals surface area contributed by atoms with Gasteiger partial charge in [0.1, 0.15) is 17.2 Å². The molecule has 0 amide bonds. The number of methoxy groups -OCH3 is 3. The Bertz CT molecular complexity index is 987. The summed E-state index contributed by atoms with van der Waals surface area (Å²) in [5, 5.41) is 3.58. The molecule has 0 aliphatic carbocycles. The van der Waals surface area contributed by atoms with Crippen molar-refractivity contribution in [3.63, 3.8) is 0 Å². The quantitative estimate of drug-likeness (QED) is 0.419. The van der Waals surface area contributed by atoms with Crippen LogP contribution in [0.4, 0.5) is 0 Å². The molecule has 0 unspecified atom stereocenters. The van der Waals surface area contributed by atoms with Crippen LogP contribution in [0, 0.1) is 0 Å². The van der Waals surface area contributed by atoms with Gasteiger partial charge < -0.3 is 14.2 Å². The molecule has 0 saturated carbocycles. The molecule has 4 heteroatoms. The minimum absolute atomic E-state index is 0.500. The zero-order valence-electron chi connectivity index (χ0n) is 18.4. The highest BCUT2D eigenvalue weighted by Crippen LogP contribution is 2.53. The summed E-state index contributed by atoms with van der Waals surface area (Å²) in [5.41, 5.74) is 3.18. The van der Waals surface area contributed by atoms with Crippen molar-refractivity contribution in [2.75, 3.05) is 21.3 Å². The molecule has 0 aliphatic rings. The van der Waals surface area contributed by atoms with Crippen LogP contribution in [-0.4, -0.2) is 32.6 Å². The van der Waals surface area contributed by atoms with Gasteiger partial charge in [0.05, 0.1) is 21.3 Å². The maximum Gasteiger partial charge on any atom is 0.127 e. The molecule has 154 valence electrons. The summed E-state index contributed by atoms with van der Waals surface area (Å²) < 4.78 is 17.6. The third-order valence-corrected chi connectivity index (χ3v) is 8.46. The van der Waals surface area contributed by atoms with E-state index < -0.39 is 7.92 Å². The lowest BCUT2D eigenvalue weighted by Crippen LogP contribution is -2.20. The van der Waals surface area contributed by atoms with E-state index in [9.17, 15) is 0 Å². The second-order valence-electron chi connectivity index (χ2n) is 7.65. The highest BCUT2D eigenvalue weighted by Gasteiger charge is 2.30. The van der Waals surface area contributed by atoms with Crippen molar-refractivity contribution in [1.82, 2.24) is 0 Å². The Labute approximate surface area is 175 Å². The Morgan fingerprint density at radius 1 is 0.621 bits per heavy atom. The standard InChI is InChI=1S/C25H31O3P/c1-16(2)29(17(3)4)25-22(28-7)15-14-21(27-6)24(25)23-19-11-9-8-10-18(19)12-13-20(23)26-5/h8-17H,1-7H3. The van der Waals surface area contributed by atoms with Crippen LogP contribution in [0.25, 0.3) is 21.9 Å². The second kappa shape index (κ2) is 9.05. The molecule has 3 aromatic carbocycles. The SMILES string of the molecule is COc1ccc(OC)c(P(C(C)C)C(C)C)c1-c1c(OC)ccc2ccccc12. The van der Waals surface area contributed by atoms with Gasteiger partial charge in [0, 0.05) is 16.4 Å². The molecular weight excluding hydrogens is 379 g/mol. The first-order chi connectivity index (χ1) is 13.9. The van der Waals surface area contributed by atoms with E-state index in [1.54, 1.807) is 21.3 Å². The average Bonchev–Trinajstić information content (AvgIpc) is 2.72. The number of hydrogen-bond donors (Lipinski definition) is 0. The zero-order valence-corrected chi connectivity index (χ0v) is 19.3. The van der Waals surface area contributed by atoms with Crippen molar-refractivity contribution in [1.29, 1.82) is 0 Å². The van der Waals surface area contributed by atoms with Crippen molar-refractivity contribution in [2.24, 2.45) is 0 Å². The van der Waals surface area contributed by atoms with E-state index in [2.05, 4.69) is 58.0 Å². The van der Waals surface area contributed by atoms with E-state index in [0.717, 1.165) is 33.8 Å². The lowest BCUT2D eigenvalue weighted by molar-refractivity contribution is 0.405. The average molecular weight is 410 g/mol. The lowest BCUT2D eigenvalue weighted by atomic mass is 9.96. The molecule has 0 aromatic heterocycles. The fraction of sp³-hybridized carbons (Fsp3) is 0.360. The van der Waals surface area contributed by atoms with Gasteiger partial charge in [-0.05, 0) is 40.3 Å². The van der Waals surface area contributed by atoms with Crippen LogP contribution < -0.4 is 19.5 Å². The molecule has 0 fully saturated rings. The predicted octanol–water partition coefficient (Wildman–Crippen LogP) is 6.46. The third kappa shape index (κ3) is 3.94. The molecule has 0 spiro atoms. The molecule has 3 nitrogen and oxygen atoms in total. The Morgan fingerprint density at radius 2 is 1.14 bits per heavy atom. The van der Waals surface area contributed by atoms with Crippen LogP contribution in [0.15, 0.2) is 48.5 Å². The number of ether oxygens (including phenoxy) is 3. The fourth-order valence-corrected chi connectivity index (χ4v) is 7.30. The summed E-state index contributed by atoms with van der Waals surface area (Å²) in [4.78, 5) is 0. The van der Waals surface area contributed by atoms with Crippen molar-refractivity contribution < 1.29 is 14.2 Å². The Hall–Kier alpha value is -2.25. The first-order valence-corrected chi connectivity index (χ1v) is 11.5. The van der Waals surface area contributed by atoms with Gasteiger partial charge in [-0.25, -0.2) is 0 Å². The lowest BCUT2D eigenvalue weighted by Gasteiger charge is -2.31. The molecule has 0 N–H and O–H groups in total. The number of benzene rings is 3. The van der Waals surface area contributed by atoms with E-state index in [1.165, 1.54) is 10.7 Å². The summed E-state index contributed by atoms with van der Waals surface area (Å²) in [6, 6.07) is 16.6. The summed E-state index contributed by atoms with van der Waals surface area (Å²) in [6.07, 6.45) is 0. The maximum absolute atomic E-state index is 5.90. The van der Waals surface area contributed by atoms with Gasteiger partial charge in [-0.2, -0.15) is 0 Å². The first-order valence-electron chi connectivity index (χ1n) is 10.0. The molecule has 3 rings (SSSR count). The normalized spacial score (nSPS) is 11.5. The van der Waals surface area contributed by atoms with Crippen LogP contribution in [0.2, 0.25) is 0 Å². The minimum Gasteiger partial charge on any atom is -0.496 e. The predicted molar refractivity (Wildman–Crippen MR) is 126 cm³/mol. The van der Waals surface area contributed by atoms with Crippen LogP contribution in [0.5, 0.6) is 17.2 Å². The van der Waals surface area contributed by atoms with Crippen LogP contribution in [0.3, 0.4) is 0 Å². The zero-order chi connectivity index (χ0) is 21.1. The monoisotopic (exact) mass is 410 g/mol. The highest BCUT2D eigenvalue weighted by atomic mass is 31.1. The first kappa shape index (κ1) is 21.5. The number of rotatable bonds is 7. The molecule has 0 aliphatic heterocycles. The van der Waals surface area contributed by atoms with E-state index in [0.29, 0.717) is 11.3 Å². The van der Waals surface area contributed by atoms with E-state index in [4.69, 9.17) is 14.2 Å². The Morgan fingerprint density at radius 3 is 1.72 bits per heavy atom. The maximum atomic E-state index is 5.90. The summed E-state index contributed by atoms with van der Waals surface area (Å²) in [7, 11) is 4.72. The van der Waals surface area contributed by atoms with Crippen molar-refractivity contribution in [3.8, 4) is 28.4 Å². The Balaban J connectivity index is 2.52. The number of fused-ring (bicyclic) bond motifs is 1. The van der Waals surface area contributed by atoms with E-state index in [1.807, 2.05) is 18.2 Å². The van der Waals surface area contributed by atoms with Gasteiger partial charge >= 0.3 is 0 Å². The highest BCUT2D eigenvalue weighted by molar-refractivity contribution is 7.67. The summed E-state index contributed by atoms with van der Waals surface area (Å²) in [5.74, 6) is 2.62. The Kier molecular flexibility index (Phi) is 6.70. The van der Waals surface area contributed by atoms with E-state index >= 15 is 0 Å².